The van der Waals surface area contributed by atoms with E-state index in [1.807, 2.05) is 55.4 Å². The van der Waals surface area contributed by atoms with E-state index >= 15 is 0 Å². The largest absolute Gasteiger partial charge is 0.468 e. The number of carbonyl (C=O) groups is 1. The molecule has 0 saturated carbocycles. The lowest BCUT2D eigenvalue weighted by molar-refractivity contribution is 0.0939. The van der Waals surface area contributed by atoms with Crippen LogP contribution in [0, 0.1) is 0 Å². The summed E-state index contributed by atoms with van der Waals surface area (Å²) in [5.41, 5.74) is 1.96. The molecule has 1 aromatic carbocycles. The molecule has 0 aliphatic heterocycles. The Morgan fingerprint density at radius 3 is 2.50 bits per heavy atom. The summed E-state index contributed by atoms with van der Waals surface area (Å²) >= 11 is 0. The summed E-state index contributed by atoms with van der Waals surface area (Å²) in [5, 5.41) is 2.98. The summed E-state index contributed by atoms with van der Waals surface area (Å²) in [6.45, 7) is 2.66. The summed E-state index contributed by atoms with van der Waals surface area (Å²) in [4.78, 5) is 14.3. The number of furan rings is 1. The summed E-state index contributed by atoms with van der Waals surface area (Å²) < 4.78 is 5.44. The maximum Gasteiger partial charge on any atom is 0.251 e. The van der Waals surface area contributed by atoms with Gasteiger partial charge in [0.25, 0.3) is 5.91 Å². The van der Waals surface area contributed by atoms with Gasteiger partial charge in [0.15, 0.2) is 0 Å². The predicted octanol–water partition coefficient (Wildman–Crippen LogP) is 3.26. The van der Waals surface area contributed by atoms with E-state index in [0.717, 1.165) is 18.6 Å². The van der Waals surface area contributed by atoms with Crippen molar-refractivity contribution in [3.8, 4) is 0 Å². The molecule has 0 aliphatic carbocycles. The molecule has 0 spiro atoms. The molecule has 0 radical (unpaired) electrons. The normalized spacial score (nSPS) is 12.4. The second-order valence-electron chi connectivity index (χ2n) is 5.65. The summed E-state index contributed by atoms with van der Waals surface area (Å²) in [6.07, 6.45) is 3.81. The van der Waals surface area contributed by atoms with Crippen molar-refractivity contribution >= 4 is 5.91 Å². The quantitative estimate of drug-likeness (QED) is 0.853. The highest BCUT2D eigenvalue weighted by molar-refractivity contribution is 5.94. The lowest BCUT2D eigenvalue weighted by atomic mass is 10.1. The fraction of sp³-hybridized carbons (Fsp3) is 0.389. The highest BCUT2D eigenvalue weighted by atomic mass is 16.3. The van der Waals surface area contributed by atoms with Gasteiger partial charge in [0, 0.05) is 12.1 Å². The van der Waals surface area contributed by atoms with E-state index in [1.165, 1.54) is 5.56 Å². The Morgan fingerprint density at radius 2 is 1.95 bits per heavy atom. The Bertz CT molecular complexity index is 574. The molecule has 1 unspecified atom stereocenters. The molecule has 22 heavy (non-hydrogen) atoms. The van der Waals surface area contributed by atoms with E-state index in [2.05, 4.69) is 12.2 Å². The van der Waals surface area contributed by atoms with Crippen molar-refractivity contribution in [2.45, 2.75) is 25.8 Å². The Balaban J connectivity index is 1.96. The van der Waals surface area contributed by atoms with E-state index < -0.39 is 0 Å². The van der Waals surface area contributed by atoms with Gasteiger partial charge >= 0.3 is 0 Å². The summed E-state index contributed by atoms with van der Waals surface area (Å²) in [5.74, 6) is 0.796. The number of benzene rings is 1. The third kappa shape index (κ3) is 4.21. The van der Waals surface area contributed by atoms with Crippen molar-refractivity contribution in [3.05, 3.63) is 59.5 Å². The zero-order chi connectivity index (χ0) is 15.9. The van der Waals surface area contributed by atoms with Crippen LogP contribution in [0.15, 0.2) is 47.1 Å². The zero-order valence-corrected chi connectivity index (χ0v) is 13.5. The van der Waals surface area contributed by atoms with Crippen molar-refractivity contribution in [3.63, 3.8) is 0 Å². The van der Waals surface area contributed by atoms with E-state index in [-0.39, 0.29) is 11.9 Å². The van der Waals surface area contributed by atoms with Gasteiger partial charge in [-0.15, -0.1) is 0 Å². The number of nitrogens with one attached hydrogen (secondary N) is 1. The van der Waals surface area contributed by atoms with Crippen molar-refractivity contribution < 1.29 is 9.21 Å². The molecule has 1 atom stereocenters. The van der Waals surface area contributed by atoms with E-state index in [4.69, 9.17) is 4.42 Å². The van der Waals surface area contributed by atoms with Crippen LogP contribution in [-0.4, -0.2) is 31.4 Å². The molecule has 118 valence electrons. The smallest absolute Gasteiger partial charge is 0.251 e. The standard InChI is InChI=1S/C18H24N2O2/c1-4-6-14-8-10-15(11-9-14)18(21)19-13-16(20(2)3)17-7-5-12-22-17/h5,7-12,16H,4,6,13H2,1-3H3,(H,19,21). The maximum absolute atomic E-state index is 12.3. The number of likely N-dealkylation sites (N-methyl/N-ethyl adjacent to an activating group) is 1. The van der Waals surface area contributed by atoms with Crippen molar-refractivity contribution in [1.82, 2.24) is 10.2 Å². The van der Waals surface area contributed by atoms with E-state index in [0.29, 0.717) is 12.1 Å². The minimum absolute atomic E-state index is 0.0262. The van der Waals surface area contributed by atoms with Crippen molar-refractivity contribution in [1.29, 1.82) is 0 Å². The molecular weight excluding hydrogens is 276 g/mol. The fourth-order valence-corrected chi connectivity index (χ4v) is 2.42. The minimum Gasteiger partial charge on any atom is -0.468 e. The Morgan fingerprint density at radius 1 is 1.23 bits per heavy atom. The van der Waals surface area contributed by atoms with Gasteiger partial charge in [-0.2, -0.15) is 0 Å². The Hall–Kier alpha value is -2.07. The van der Waals surface area contributed by atoms with Crippen LogP contribution in [0.25, 0.3) is 0 Å². The molecule has 2 aromatic rings. The zero-order valence-electron chi connectivity index (χ0n) is 13.5. The molecule has 0 fully saturated rings. The van der Waals surface area contributed by atoms with Crippen LogP contribution in [0.1, 0.15) is 41.1 Å². The van der Waals surface area contributed by atoms with Crippen LogP contribution < -0.4 is 5.32 Å². The second-order valence-corrected chi connectivity index (χ2v) is 5.65. The van der Waals surface area contributed by atoms with Crippen LogP contribution >= 0.6 is 0 Å². The third-order valence-corrected chi connectivity index (χ3v) is 3.71. The van der Waals surface area contributed by atoms with Crippen LogP contribution in [0.2, 0.25) is 0 Å². The molecular formula is C18H24N2O2. The maximum atomic E-state index is 12.3. The van der Waals surface area contributed by atoms with Gasteiger partial charge in [-0.05, 0) is 50.3 Å². The number of nitrogens with zero attached hydrogens (tertiary/aromatic N) is 1. The van der Waals surface area contributed by atoms with Crippen molar-refractivity contribution in [2.75, 3.05) is 20.6 Å². The van der Waals surface area contributed by atoms with Gasteiger partial charge in [0.1, 0.15) is 5.76 Å². The number of carbonyl (C=O) groups excluding carboxylic acids is 1. The molecule has 4 nitrogen and oxygen atoms in total. The van der Waals surface area contributed by atoms with Crippen molar-refractivity contribution in [2.24, 2.45) is 0 Å². The Kier molecular flexibility index (Phi) is 5.78. The molecule has 0 bridgehead atoms. The third-order valence-electron chi connectivity index (χ3n) is 3.71. The van der Waals surface area contributed by atoms with Crippen LogP contribution in [0.3, 0.4) is 0 Å². The number of rotatable bonds is 7. The lowest BCUT2D eigenvalue weighted by Crippen LogP contribution is -2.34. The predicted molar refractivity (Wildman–Crippen MR) is 87.9 cm³/mol. The number of hydrogen-bond donors (Lipinski definition) is 1. The van der Waals surface area contributed by atoms with E-state index in [9.17, 15) is 4.79 Å². The summed E-state index contributed by atoms with van der Waals surface area (Å²) in [7, 11) is 3.94. The molecule has 1 heterocycles. The SMILES string of the molecule is CCCc1ccc(C(=O)NCC(c2ccco2)N(C)C)cc1. The topological polar surface area (TPSA) is 45.5 Å². The van der Waals surface area contributed by atoms with Crippen LogP contribution in [0.4, 0.5) is 0 Å². The van der Waals surface area contributed by atoms with Gasteiger partial charge in [-0.1, -0.05) is 25.5 Å². The molecule has 0 aliphatic rings. The first-order chi connectivity index (χ1) is 10.6. The van der Waals surface area contributed by atoms with Gasteiger partial charge < -0.3 is 9.73 Å². The molecule has 4 heteroatoms. The first-order valence-corrected chi connectivity index (χ1v) is 7.68. The first-order valence-electron chi connectivity index (χ1n) is 7.68. The van der Waals surface area contributed by atoms with Gasteiger partial charge in [-0.3, -0.25) is 9.69 Å². The van der Waals surface area contributed by atoms with Crippen LogP contribution in [-0.2, 0) is 6.42 Å². The molecule has 2 rings (SSSR count). The van der Waals surface area contributed by atoms with E-state index in [1.54, 1.807) is 6.26 Å². The molecule has 1 N–H and O–H groups in total. The van der Waals surface area contributed by atoms with Gasteiger partial charge in [0.05, 0.1) is 12.3 Å². The average molecular weight is 300 g/mol. The number of hydrogen-bond acceptors (Lipinski definition) is 3. The molecule has 0 saturated heterocycles. The fourth-order valence-electron chi connectivity index (χ4n) is 2.42. The lowest BCUT2D eigenvalue weighted by Gasteiger charge is -2.22. The molecule has 1 amide bonds. The average Bonchev–Trinajstić information content (AvgIpc) is 3.02. The number of aryl methyl sites for hydroxylation is 1. The highest BCUT2D eigenvalue weighted by Crippen LogP contribution is 2.17. The second kappa shape index (κ2) is 7.80. The minimum atomic E-state index is -0.0542. The first kappa shape index (κ1) is 16.3. The van der Waals surface area contributed by atoms with Gasteiger partial charge in [-0.25, -0.2) is 0 Å². The van der Waals surface area contributed by atoms with Crippen LogP contribution in [0.5, 0.6) is 0 Å². The molecule has 1 aromatic heterocycles. The van der Waals surface area contributed by atoms with Gasteiger partial charge in [0.2, 0.25) is 0 Å². The number of amides is 1. The highest BCUT2D eigenvalue weighted by Gasteiger charge is 2.18. The monoisotopic (exact) mass is 300 g/mol. The summed E-state index contributed by atoms with van der Waals surface area (Å²) in [6, 6.07) is 11.6. The Labute approximate surface area is 132 Å².